The van der Waals surface area contributed by atoms with Crippen molar-refractivity contribution >= 4 is 11.6 Å². The Kier molecular flexibility index (Phi) is 7.18. The van der Waals surface area contributed by atoms with Crippen LogP contribution in [-0.4, -0.2) is 84.0 Å². The number of nitrogens with one attached hydrogen (secondary N) is 1. The number of ketones is 2. The zero-order chi connectivity index (χ0) is 20.9. The molecule has 7 heteroatoms. The fourth-order valence-electron chi connectivity index (χ4n) is 4.09. The lowest BCUT2D eigenvalue weighted by Crippen LogP contribution is -2.48. The maximum Gasteiger partial charge on any atom is 0.173 e. The fourth-order valence-corrected chi connectivity index (χ4v) is 4.09. The first-order chi connectivity index (χ1) is 14.0. The Balaban J connectivity index is 1.53. The number of Topliss-reactive ketones (excluding diaryl/α,β-unsaturated/α-hetero) is 2. The van der Waals surface area contributed by atoms with Crippen molar-refractivity contribution in [2.75, 3.05) is 52.4 Å². The number of rotatable bonds is 7. The van der Waals surface area contributed by atoms with Gasteiger partial charge in [-0.3, -0.25) is 19.4 Å². The molecule has 0 bridgehead atoms. The molecule has 3 N–H and O–H groups in total. The normalized spacial score (nSPS) is 28.1. The van der Waals surface area contributed by atoms with Crippen molar-refractivity contribution in [1.29, 1.82) is 0 Å². The van der Waals surface area contributed by atoms with Gasteiger partial charge in [-0.15, -0.1) is 0 Å². The monoisotopic (exact) mass is 401 g/mol. The van der Waals surface area contributed by atoms with Gasteiger partial charge in [0.15, 0.2) is 11.6 Å². The highest BCUT2D eigenvalue weighted by Gasteiger charge is 2.48. The summed E-state index contributed by atoms with van der Waals surface area (Å²) in [5, 5.41) is 23.2. The molecule has 2 atom stereocenters. The largest absolute Gasteiger partial charge is 0.395 e. The van der Waals surface area contributed by atoms with Crippen LogP contribution in [0.1, 0.15) is 18.9 Å². The Morgan fingerprint density at radius 1 is 1.10 bits per heavy atom. The van der Waals surface area contributed by atoms with Gasteiger partial charge >= 0.3 is 0 Å². The van der Waals surface area contributed by atoms with Crippen LogP contribution in [0.3, 0.4) is 0 Å². The van der Waals surface area contributed by atoms with Crippen molar-refractivity contribution < 1.29 is 19.8 Å². The highest BCUT2D eigenvalue weighted by Crippen LogP contribution is 2.39. The van der Waals surface area contributed by atoms with Crippen LogP contribution in [0.15, 0.2) is 42.1 Å². The van der Waals surface area contributed by atoms with E-state index in [1.807, 2.05) is 6.07 Å². The fraction of sp³-hybridized carbons (Fsp3) is 0.545. The van der Waals surface area contributed by atoms with Gasteiger partial charge in [0.05, 0.1) is 18.1 Å². The van der Waals surface area contributed by atoms with Gasteiger partial charge in [0.2, 0.25) is 0 Å². The number of aliphatic hydroxyl groups excluding tert-OH is 1. The topological polar surface area (TPSA) is 93.1 Å². The summed E-state index contributed by atoms with van der Waals surface area (Å²) in [4.78, 5) is 30.0. The van der Waals surface area contributed by atoms with Crippen LogP contribution in [0.5, 0.6) is 0 Å². The molecule has 0 spiro atoms. The highest BCUT2D eigenvalue weighted by molar-refractivity contribution is 6.23. The van der Waals surface area contributed by atoms with Crippen molar-refractivity contribution in [3.8, 4) is 0 Å². The molecule has 2 aliphatic rings. The smallest absolute Gasteiger partial charge is 0.173 e. The van der Waals surface area contributed by atoms with E-state index in [4.69, 9.17) is 5.11 Å². The minimum Gasteiger partial charge on any atom is -0.395 e. The Labute approximate surface area is 172 Å². The van der Waals surface area contributed by atoms with Gasteiger partial charge in [0.1, 0.15) is 5.60 Å². The summed E-state index contributed by atoms with van der Waals surface area (Å²) in [6.45, 7) is 7.81. The maximum atomic E-state index is 12.8. The van der Waals surface area contributed by atoms with Crippen molar-refractivity contribution in [3.05, 3.63) is 47.7 Å². The third-order valence-electron chi connectivity index (χ3n) is 6.08. The molecule has 3 rings (SSSR count). The van der Waals surface area contributed by atoms with Crippen molar-refractivity contribution in [2.45, 2.75) is 18.9 Å². The van der Waals surface area contributed by atoms with Crippen LogP contribution in [0.4, 0.5) is 0 Å². The van der Waals surface area contributed by atoms with E-state index in [9.17, 15) is 14.7 Å². The van der Waals surface area contributed by atoms with Crippen LogP contribution in [-0.2, 0) is 15.2 Å². The van der Waals surface area contributed by atoms with Gasteiger partial charge in [-0.1, -0.05) is 37.3 Å². The van der Waals surface area contributed by atoms with E-state index in [1.165, 1.54) is 6.20 Å². The molecule has 1 aliphatic heterocycles. The first-order valence-electron chi connectivity index (χ1n) is 10.3. The molecule has 1 saturated heterocycles. The van der Waals surface area contributed by atoms with E-state index in [0.29, 0.717) is 12.1 Å². The third kappa shape index (κ3) is 4.93. The molecule has 1 saturated carbocycles. The summed E-state index contributed by atoms with van der Waals surface area (Å²) in [5.74, 6) is -1.34. The zero-order valence-corrected chi connectivity index (χ0v) is 17.0. The first kappa shape index (κ1) is 21.6. The molecule has 0 amide bonds. The number of allylic oxidation sites excluding steroid dienone is 1. The number of benzene rings is 1. The number of β-amino-alcohol motifs (C(OH)–C–C–N with tert-alkyl or cyclic N) is 1. The first-order valence-corrected chi connectivity index (χ1v) is 10.3. The lowest BCUT2D eigenvalue weighted by Gasteiger charge is -2.37. The molecule has 2 fully saturated rings. The van der Waals surface area contributed by atoms with Gasteiger partial charge in [-0.2, -0.15) is 0 Å². The molecule has 2 unspecified atom stereocenters. The lowest BCUT2D eigenvalue weighted by atomic mass is 9.69. The zero-order valence-electron chi connectivity index (χ0n) is 17.0. The van der Waals surface area contributed by atoms with Crippen LogP contribution in [0, 0.1) is 5.92 Å². The molecule has 0 radical (unpaired) electrons. The van der Waals surface area contributed by atoms with E-state index in [2.05, 4.69) is 15.1 Å². The predicted octanol–water partition coefficient (Wildman–Crippen LogP) is 0.136. The number of carbonyl (C=O) groups excluding carboxylic acids is 2. The number of piperazine rings is 1. The minimum atomic E-state index is -1.46. The highest BCUT2D eigenvalue weighted by atomic mass is 16.3. The summed E-state index contributed by atoms with van der Waals surface area (Å²) in [6.07, 6.45) is 1.43. The van der Waals surface area contributed by atoms with Gasteiger partial charge < -0.3 is 15.5 Å². The van der Waals surface area contributed by atoms with Crippen LogP contribution >= 0.6 is 0 Å². The average Bonchev–Trinajstić information content (AvgIpc) is 2.73. The number of aliphatic hydroxyl groups is 2. The molecule has 158 valence electrons. The maximum absolute atomic E-state index is 12.8. The third-order valence-corrected chi connectivity index (χ3v) is 6.08. The van der Waals surface area contributed by atoms with Crippen LogP contribution in [0.2, 0.25) is 0 Å². The second-order valence-corrected chi connectivity index (χ2v) is 7.90. The average molecular weight is 402 g/mol. The lowest BCUT2D eigenvalue weighted by molar-refractivity contribution is -0.141. The van der Waals surface area contributed by atoms with E-state index < -0.39 is 11.5 Å². The number of hydrogen-bond acceptors (Lipinski definition) is 7. The van der Waals surface area contributed by atoms with E-state index in [1.54, 1.807) is 31.2 Å². The Hall–Kier alpha value is -2.06. The molecule has 29 heavy (non-hydrogen) atoms. The molecule has 7 nitrogen and oxygen atoms in total. The molecule has 1 heterocycles. The Morgan fingerprint density at radius 3 is 2.34 bits per heavy atom. The van der Waals surface area contributed by atoms with Crippen LogP contribution < -0.4 is 5.32 Å². The second-order valence-electron chi connectivity index (χ2n) is 7.90. The van der Waals surface area contributed by atoms with Crippen molar-refractivity contribution in [3.63, 3.8) is 0 Å². The van der Waals surface area contributed by atoms with Gasteiger partial charge in [0, 0.05) is 58.4 Å². The summed E-state index contributed by atoms with van der Waals surface area (Å²) < 4.78 is 0. The summed E-state index contributed by atoms with van der Waals surface area (Å²) >= 11 is 0. The standard InChI is InChI=1S/C22H31N3O4/c1-17-21(28)19(20(27)15-22(17,29)18-5-3-2-4-6-18)16-23-7-8-24-9-11-25(12-10-24)13-14-26/h2-6,16-17,23,26,29H,7-15H2,1H3/b19-16+. The summed E-state index contributed by atoms with van der Waals surface area (Å²) in [6, 6.07) is 8.94. The van der Waals surface area contributed by atoms with E-state index in [0.717, 1.165) is 39.3 Å². The Bertz CT molecular complexity index is 744. The molecule has 1 aliphatic carbocycles. The number of carbonyl (C=O) groups is 2. The van der Waals surface area contributed by atoms with Gasteiger partial charge in [-0.25, -0.2) is 0 Å². The minimum absolute atomic E-state index is 0.0930. The summed E-state index contributed by atoms with van der Waals surface area (Å²) in [7, 11) is 0. The van der Waals surface area contributed by atoms with Crippen LogP contribution in [0.25, 0.3) is 0 Å². The summed E-state index contributed by atoms with van der Waals surface area (Å²) in [5.41, 5.74) is -0.714. The van der Waals surface area contributed by atoms with Gasteiger partial charge in [-0.05, 0) is 5.56 Å². The SMILES string of the molecule is CC1C(=O)/C(=C/NCCN2CCN(CCO)CC2)C(=O)CC1(O)c1ccccc1. The molecular weight excluding hydrogens is 370 g/mol. The number of hydrogen-bond donors (Lipinski definition) is 3. The van der Waals surface area contributed by atoms with Gasteiger partial charge in [0.25, 0.3) is 0 Å². The molecule has 1 aromatic rings. The van der Waals surface area contributed by atoms with E-state index >= 15 is 0 Å². The van der Waals surface area contributed by atoms with Crippen molar-refractivity contribution in [1.82, 2.24) is 15.1 Å². The number of nitrogens with zero attached hydrogens (tertiary/aromatic N) is 2. The predicted molar refractivity (Wildman–Crippen MR) is 110 cm³/mol. The second kappa shape index (κ2) is 9.63. The quantitative estimate of drug-likeness (QED) is 0.340. The molecule has 0 aromatic heterocycles. The van der Waals surface area contributed by atoms with Crippen molar-refractivity contribution in [2.24, 2.45) is 5.92 Å². The molecule has 1 aromatic carbocycles. The molecular formula is C22H31N3O4. The van der Waals surface area contributed by atoms with E-state index in [-0.39, 0.29) is 30.2 Å². The Morgan fingerprint density at radius 2 is 1.72 bits per heavy atom.